The van der Waals surface area contributed by atoms with E-state index in [-0.39, 0.29) is 30.7 Å². The second-order valence-electron chi connectivity index (χ2n) is 15.1. The molecule has 11 nitrogen and oxygen atoms in total. The fraction of sp³-hybridized carbons (Fsp3) is 0.396. The first-order valence-corrected chi connectivity index (χ1v) is 20.1. The van der Waals surface area contributed by atoms with Crippen LogP contribution in [0.1, 0.15) is 76.3 Å². The van der Waals surface area contributed by atoms with Gasteiger partial charge in [-0.3, -0.25) is 29.2 Å². The molecule has 0 radical (unpaired) electrons. The minimum atomic E-state index is -4.29. The Morgan fingerprint density at radius 2 is 1.52 bits per heavy atom. The molecule has 2 aromatic carbocycles. The van der Waals surface area contributed by atoms with E-state index < -0.39 is 24.4 Å². The van der Waals surface area contributed by atoms with Gasteiger partial charge >= 0.3 is 6.18 Å². The van der Waals surface area contributed by atoms with Crippen LogP contribution in [0.3, 0.4) is 0 Å². The Balaban J connectivity index is 0.000000683. The maximum atomic E-state index is 13.1. The number of nitrogens with zero attached hydrogens (tertiary/aromatic N) is 5. The number of alkyl halides is 3. The summed E-state index contributed by atoms with van der Waals surface area (Å²) in [6, 6.07) is 24.0. The summed E-state index contributed by atoms with van der Waals surface area (Å²) in [5, 5.41) is 18.9. The van der Waals surface area contributed by atoms with E-state index in [0.29, 0.717) is 5.57 Å². The summed E-state index contributed by atoms with van der Waals surface area (Å²) < 4.78 is 34.9. The predicted octanol–water partition coefficient (Wildman–Crippen LogP) is 7.14. The van der Waals surface area contributed by atoms with Gasteiger partial charge in [-0.25, -0.2) is 4.68 Å². The molecular weight excluding hydrogens is 796 g/mol. The summed E-state index contributed by atoms with van der Waals surface area (Å²) in [4.78, 5) is 43.9. The summed E-state index contributed by atoms with van der Waals surface area (Å²) >= 11 is 0. The Bertz CT molecular complexity index is 1970. The number of carbonyl (C=O) groups excluding carboxylic acids is 3. The molecule has 0 spiro atoms. The highest BCUT2D eigenvalue weighted by molar-refractivity contribution is 6.03. The molecule has 1 aliphatic rings. The molecule has 5 rings (SSSR count). The number of halogens is 3. The van der Waals surface area contributed by atoms with Gasteiger partial charge < -0.3 is 15.7 Å². The van der Waals surface area contributed by atoms with Gasteiger partial charge in [0.2, 0.25) is 12.3 Å². The van der Waals surface area contributed by atoms with Crippen molar-refractivity contribution in [1.82, 2.24) is 35.2 Å². The maximum absolute atomic E-state index is 13.1. The van der Waals surface area contributed by atoms with Crippen molar-refractivity contribution in [1.29, 1.82) is 0 Å². The highest BCUT2D eigenvalue weighted by Crippen LogP contribution is 2.28. The molecule has 1 saturated heterocycles. The number of carbonyl (C=O) groups is 3. The van der Waals surface area contributed by atoms with Crippen molar-refractivity contribution in [3.63, 3.8) is 0 Å². The average molecular weight is 858 g/mol. The zero-order valence-corrected chi connectivity index (χ0v) is 36.7. The van der Waals surface area contributed by atoms with E-state index in [1.54, 1.807) is 18.5 Å². The number of aryl methyl sites for hydroxylation is 2. The van der Waals surface area contributed by atoms with Crippen molar-refractivity contribution in [2.75, 3.05) is 39.3 Å². The largest absolute Gasteiger partial charge is 0.405 e. The first kappa shape index (κ1) is 54.0. The number of pyridine rings is 1. The van der Waals surface area contributed by atoms with E-state index in [1.165, 1.54) is 49.6 Å². The van der Waals surface area contributed by atoms with E-state index in [1.807, 2.05) is 59.4 Å². The summed E-state index contributed by atoms with van der Waals surface area (Å²) in [5.41, 5.74) is 4.33. The number of nitrogens with one attached hydrogen (secondary N) is 2. The summed E-state index contributed by atoms with van der Waals surface area (Å²) in [6.07, 6.45) is 22.7. The second-order valence-corrected chi connectivity index (χ2v) is 15.1. The van der Waals surface area contributed by atoms with Gasteiger partial charge in [0.15, 0.2) is 5.78 Å². The number of hydrogen-bond donors (Lipinski definition) is 3. The number of rotatable bonds is 15. The van der Waals surface area contributed by atoms with Gasteiger partial charge in [0.25, 0.3) is 0 Å². The number of Topliss-reactive ketones (excluding diaryl/α,β-unsaturated/α-hetero) is 1. The number of ketones is 1. The first-order valence-electron chi connectivity index (χ1n) is 20.1. The monoisotopic (exact) mass is 857 g/mol. The minimum absolute atomic E-state index is 0.00566. The molecule has 0 bridgehead atoms. The fourth-order valence-electron chi connectivity index (χ4n) is 6.15. The fourth-order valence-corrected chi connectivity index (χ4v) is 6.15. The number of benzene rings is 2. The van der Waals surface area contributed by atoms with Crippen molar-refractivity contribution in [3.8, 4) is 31.4 Å². The van der Waals surface area contributed by atoms with Gasteiger partial charge in [0.1, 0.15) is 12.3 Å². The summed E-state index contributed by atoms with van der Waals surface area (Å²) in [6.45, 7) is 13.9. The smallest absolute Gasteiger partial charge is 0.372 e. The highest BCUT2D eigenvalue weighted by atomic mass is 19.4. The lowest BCUT2D eigenvalue weighted by atomic mass is 9.97. The Morgan fingerprint density at radius 1 is 0.887 bits per heavy atom. The average Bonchev–Trinajstić information content (AvgIpc) is 3.76. The Kier molecular flexibility index (Phi) is 24.1. The van der Waals surface area contributed by atoms with Crippen LogP contribution >= 0.6 is 0 Å². The third-order valence-electron chi connectivity index (χ3n) is 9.38. The molecule has 1 fully saturated rings. The quantitative estimate of drug-likeness (QED) is 0.0498. The zero-order valence-electron chi connectivity index (χ0n) is 36.7. The van der Waals surface area contributed by atoms with Crippen LogP contribution in [0.15, 0.2) is 97.0 Å². The van der Waals surface area contributed by atoms with E-state index in [9.17, 15) is 32.7 Å². The van der Waals surface area contributed by atoms with Crippen LogP contribution in [-0.2, 0) is 26.3 Å². The Labute approximate surface area is 365 Å². The second kappa shape index (κ2) is 27.7. The third kappa shape index (κ3) is 20.5. The molecule has 0 aliphatic carbocycles. The SMILES string of the molecule is C#C.C#C.CC(C)(O)NC(=O)/C(=C\c1ccccc1)CC(=O)CN1CCN(C(C)(C)c2ccn(-c3cccnc3)n2)CC1.CCCCc1ccccc1C.O=CNCC(F)(F)F. The molecule has 62 heavy (non-hydrogen) atoms. The van der Waals surface area contributed by atoms with Crippen molar-refractivity contribution >= 4 is 24.2 Å². The van der Waals surface area contributed by atoms with Crippen LogP contribution in [0.5, 0.6) is 0 Å². The van der Waals surface area contributed by atoms with E-state index in [4.69, 9.17) is 5.10 Å². The van der Waals surface area contributed by atoms with Gasteiger partial charge in [0.05, 0.1) is 29.7 Å². The van der Waals surface area contributed by atoms with E-state index in [2.05, 4.69) is 97.8 Å². The van der Waals surface area contributed by atoms with Gasteiger partial charge in [0, 0.05) is 50.6 Å². The number of amides is 2. The van der Waals surface area contributed by atoms with Gasteiger partial charge in [-0.1, -0.05) is 67.9 Å². The molecule has 4 aromatic rings. The number of aliphatic hydroxyl groups is 1. The van der Waals surface area contributed by atoms with Crippen molar-refractivity contribution in [3.05, 3.63) is 119 Å². The lowest BCUT2D eigenvalue weighted by Crippen LogP contribution is -2.54. The van der Waals surface area contributed by atoms with Crippen LogP contribution in [-0.4, -0.2) is 98.9 Å². The van der Waals surface area contributed by atoms with Crippen LogP contribution < -0.4 is 10.6 Å². The van der Waals surface area contributed by atoms with Crippen LogP contribution in [0.25, 0.3) is 11.8 Å². The molecule has 2 amide bonds. The molecule has 0 unspecified atom stereocenters. The minimum Gasteiger partial charge on any atom is -0.372 e. The number of terminal acetylenes is 2. The van der Waals surface area contributed by atoms with Gasteiger partial charge in [-0.05, 0) is 88.4 Å². The standard InChI is InChI=1S/C30H38N6O3.C11H16.C3H4F3NO.2C2H2/c1-29(2,27-12-14-36(33-27)25-11-8-13-31-21-25)35-17-15-34(16-18-35)22-26(37)20-24(28(38)32-30(3,4)39)19-23-9-6-5-7-10-23;1-3-4-8-11-9-6-5-7-10(11)2;4-3(5,6)1-7-2-8;2*1-2/h5-14,19,21,39H,15-18,20,22H2,1-4H3,(H,32,38);5-7,9H,3-4,8H2,1-2H3;2H,1H2,(H,7,8);2*1-2H/b24-19-;;;;. The zero-order chi connectivity index (χ0) is 46.8. The molecular formula is C48H62F3N7O4. The lowest BCUT2D eigenvalue weighted by molar-refractivity contribution is -0.132. The normalized spacial score (nSPS) is 13.2. The van der Waals surface area contributed by atoms with Crippen LogP contribution in [0.2, 0.25) is 0 Å². The van der Waals surface area contributed by atoms with E-state index >= 15 is 0 Å². The van der Waals surface area contributed by atoms with Gasteiger partial charge in [-0.2, -0.15) is 18.3 Å². The lowest BCUT2D eigenvalue weighted by Gasteiger charge is -2.43. The molecule has 3 heterocycles. The number of piperazine rings is 1. The number of aromatic nitrogens is 3. The molecule has 14 heteroatoms. The van der Waals surface area contributed by atoms with E-state index in [0.717, 1.165) is 43.1 Å². The van der Waals surface area contributed by atoms with Crippen molar-refractivity contribution in [2.45, 2.75) is 84.7 Å². The number of hydrogen-bond acceptors (Lipinski definition) is 8. The Morgan fingerprint density at radius 3 is 2.05 bits per heavy atom. The van der Waals surface area contributed by atoms with Crippen molar-refractivity contribution in [2.24, 2.45) is 0 Å². The molecule has 2 aromatic heterocycles. The Hall–Kier alpha value is -6.06. The first-order chi connectivity index (χ1) is 29.4. The molecule has 1 aliphatic heterocycles. The van der Waals surface area contributed by atoms with Crippen LogP contribution in [0, 0.1) is 32.6 Å². The highest BCUT2D eigenvalue weighted by Gasteiger charge is 2.34. The van der Waals surface area contributed by atoms with Crippen LogP contribution in [0.4, 0.5) is 13.2 Å². The summed E-state index contributed by atoms with van der Waals surface area (Å²) in [5.74, 6) is -0.483. The van der Waals surface area contributed by atoms with Gasteiger partial charge in [-0.15, -0.1) is 25.7 Å². The molecule has 0 atom stereocenters. The maximum Gasteiger partial charge on any atom is 0.405 e. The number of unbranched alkanes of at least 4 members (excludes halogenated alkanes) is 1. The van der Waals surface area contributed by atoms with Crippen molar-refractivity contribution < 1.29 is 32.7 Å². The predicted molar refractivity (Wildman–Crippen MR) is 241 cm³/mol. The third-order valence-corrected chi connectivity index (χ3v) is 9.38. The topological polar surface area (TPSA) is 133 Å². The molecule has 3 N–H and O–H groups in total. The molecule has 334 valence electrons. The molecule has 0 saturated carbocycles. The summed E-state index contributed by atoms with van der Waals surface area (Å²) in [7, 11) is 0.